The van der Waals surface area contributed by atoms with Gasteiger partial charge >= 0.3 is 6.03 Å². The third-order valence-electron chi connectivity index (χ3n) is 4.20. The summed E-state index contributed by atoms with van der Waals surface area (Å²) < 4.78 is 42.6. The number of para-hydroxylation sites is 1. The van der Waals surface area contributed by atoms with Gasteiger partial charge in [0.05, 0.1) is 38.7 Å². The second-order valence-corrected chi connectivity index (χ2v) is 7.46. The van der Waals surface area contributed by atoms with E-state index in [1.54, 1.807) is 24.3 Å². The van der Waals surface area contributed by atoms with E-state index in [1.165, 1.54) is 44.4 Å². The Balaban J connectivity index is 2.17. The van der Waals surface area contributed by atoms with Gasteiger partial charge in [0, 0.05) is 13.2 Å². The normalized spacial score (nSPS) is 15.4. The van der Waals surface area contributed by atoms with Crippen LogP contribution in [-0.4, -0.2) is 48.9 Å². The third kappa shape index (κ3) is 3.19. The molecule has 0 spiro atoms. The Bertz CT molecular complexity index is 960. The summed E-state index contributed by atoms with van der Waals surface area (Å²) in [6.45, 7) is 0.478. The van der Waals surface area contributed by atoms with Crippen molar-refractivity contribution in [1.82, 2.24) is 0 Å². The van der Waals surface area contributed by atoms with Crippen LogP contribution in [0.25, 0.3) is 0 Å². The molecule has 0 fully saturated rings. The van der Waals surface area contributed by atoms with E-state index in [0.29, 0.717) is 17.2 Å². The number of hydrogen-bond donors (Lipinski definition) is 0. The van der Waals surface area contributed by atoms with Crippen molar-refractivity contribution in [3.63, 3.8) is 0 Å². The van der Waals surface area contributed by atoms with Gasteiger partial charge in [-0.05, 0) is 24.3 Å². The molecule has 1 aliphatic rings. The molecule has 27 heavy (non-hydrogen) atoms. The van der Waals surface area contributed by atoms with Gasteiger partial charge in [0.1, 0.15) is 4.90 Å². The van der Waals surface area contributed by atoms with Crippen molar-refractivity contribution >= 4 is 27.4 Å². The number of carbonyl (C=O) groups is 1. The fourth-order valence-corrected chi connectivity index (χ4v) is 4.50. The van der Waals surface area contributed by atoms with Gasteiger partial charge in [-0.2, -0.15) is 4.31 Å². The molecule has 0 saturated heterocycles. The van der Waals surface area contributed by atoms with E-state index in [9.17, 15) is 13.2 Å². The van der Waals surface area contributed by atoms with Gasteiger partial charge in [-0.3, -0.25) is 4.90 Å². The monoisotopic (exact) mass is 392 g/mol. The van der Waals surface area contributed by atoms with Gasteiger partial charge in [0.25, 0.3) is 10.0 Å². The molecule has 0 aliphatic carbocycles. The van der Waals surface area contributed by atoms with Gasteiger partial charge in [0.15, 0.2) is 11.5 Å². The third-order valence-corrected chi connectivity index (χ3v) is 5.95. The van der Waals surface area contributed by atoms with Gasteiger partial charge in [0.2, 0.25) is 0 Å². The summed E-state index contributed by atoms with van der Waals surface area (Å²) in [4.78, 5) is 14.5. The lowest BCUT2D eigenvalue weighted by Crippen LogP contribution is -2.52. The van der Waals surface area contributed by atoms with Crippen LogP contribution < -0.4 is 18.7 Å². The smallest absolute Gasteiger partial charge is 0.343 e. The van der Waals surface area contributed by atoms with E-state index in [4.69, 9.17) is 14.2 Å². The number of anilines is 2. The second-order valence-electron chi connectivity index (χ2n) is 5.70. The van der Waals surface area contributed by atoms with Crippen molar-refractivity contribution in [2.45, 2.75) is 4.90 Å². The largest absolute Gasteiger partial charge is 0.493 e. The van der Waals surface area contributed by atoms with Crippen LogP contribution in [-0.2, 0) is 14.8 Å². The lowest BCUT2D eigenvalue weighted by Gasteiger charge is -2.36. The molecule has 0 bridgehead atoms. The topological polar surface area (TPSA) is 85.4 Å². The first kappa shape index (κ1) is 19.0. The van der Waals surface area contributed by atoms with Crippen LogP contribution in [0.1, 0.15) is 0 Å². The maximum Gasteiger partial charge on any atom is 0.343 e. The maximum absolute atomic E-state index is 13.2. The minimum atomic E-state index is -4.08. The van der Waals surface area contributed by atoms with E-state index in [1.807, 2.05) is 0 Å². The highest BCUT2D eigenvalue weighted by molar-refractivity contribution is 7.94. The summed E-state index contributed by atoms with van der Waals surface area (Å²) in [5.41, 5.74) is 0.492. The summed E-state index contributed by atoms with van der Waals surface area (Å²) in [5.74, 6) is 0.750. The van der Waals surface area contributed by atoms with Crippen molar-refractivity contribution in [3.05, 3.63) is 42.5 Å². The van der Waals surface area contributed by atoms with Gasteiger partial charge < -0.3 is 14.2 Å². The fourth-order valence-electron chi connectivity index (χ4n) is 2.91. The SMILES string of the molecule is COCCN1C(=O)N(c2ccc(OC)c(OC)c2)S(=O)(=O)c2ccccc21. The first-order chi connectivity index (χ1) is 13.0. The number of sulfonamides is 1. The van der Waals surface area contributed by atoms with Crippen LogP contribution in [0.15, 0.2) is 47.4 Å². The van der Waals surface area contributed by atoms with Crippen LogP contribution in [0.5, 0.6) is 11.5 Å². The van der Waals surface area contributed by atoms with Crippen LogP contribution in [0.4, 0.5) is 16.2 Å². The lowest BCUT2D eigenvalue weighted by atomic mass is 10.2. The zero-order chi connectivity index (χ0) is 19.6. The maximum atomic E-state index is 13.2. The summed E-state index contributed by atoms with van der Waals surface area (Å²) in [5, 5.41) is 0. The Labute approximate surface area is 157 Å². The van der Waals surface area contributed by atoms with Crippen molar-refractivity contribution in [1.29, 1.82) is 0 Å². The summed E-state index contributed by atoms with van der Waals surface area (Å²) in [7, 11) is 0.348. The number of benzene rings is 2. The molecule has 1 heterocycles. The quantitative estimate of drug-likeness (QED) is 0.751. The second kappa shape index (κ2) is 7.45. The zero-order valence-corrected chi connectivity index (χ0v) is 16.0. The molecule has 1 aliphatic heterocycles. The molecule has 9 heteroatoms. The average molecular weight is 392 g/mol. The highest BCUT2D eigenvalue weighted by atomic mass is 32.2. The molecular weight excluding hydrogens is 372 g/mol. The van der Waals surface area contributed by atoms with E-state index in [-0.39, 0.29) is 23.7 Å². The molecule has 3 rings (SSSR count). The highest BCUT2D eigenvalue weighted by Crippen LogP contribution is 2.39. The number of urea groups is 1. The average Bonchev–Trinajstić information content (AvgIpc) is 2.67. The number of rotatable bonds is 6. The number of fused-ring (bicyclic) bond motifs is 1. The minimum Gasteiger partial charge on any atom is -0.493 e. The van der Waals surface area contributed by atoms with Crippen molar-refractivity contribution in [2.75, 3.05) is 43.7 Å². The number of ether oxygens (including phenoxy) is 3. The number of carbonyl (C=O) groups excluding carboxylic acids is 1. The first-order valence-electron chi connectivity index (χ1n) is 8.12. The zero-order valence-electron chi connectivity index (χ0n) is 15.2. The van der Waals surface area contributed by atoms with Gasteiger partial charge in [-0.1, -0.05) is 12.1 Å². The summed E-state index contributed by atoms with van der Waals surface area (Å²) in [6, 6.07) is 10.2. The Morgan fingerprint density at radius 3 is 2.33 bits per heavy atom. The van der Waals surface area contributed by atoms with Crippen LogP contribution in [0.2, 0.25) is 0 Å². The molecular formula is C18H20N2O6S. The Hall–Kier alpha value is -2.78. The van der Waals surface area contributed by atoms with E-state index < -0.39 is 16.1 Å². The van der Waals surface area contributed by atoms with E-state index >= 15 is 0 Å². The molecule has 0 radical (unpaired) electrons. The molecule has 144 valence electrons. The van der Waals surface area contributed by atoms with Crippen LogP contribution >= 0.6 is 0 Å². The van der Waals surface area contributed by atoms with Crippen molar-refractivity contribution in [3.8, 4) is 11.5 Å². The molecule has 2 aromatic rings. The minimum absolute atomic E-state index is 0.0514. The lowest BCUT2D eigenvalue weighted by molar-refractivity contribution is 0.203. The molecule has 8 nitrogen and oxygen atoms in total. The van der Waals surface area contributed by atoms with Crippen LogP contribution in [0.3, 0.4) is 0 Å². The Morgan fingerprint density at radius 2 is 1.67 bits per heavy atom. The van der Waals surface area contributed by atoms with E-state index in [0.717, 1.165) is 4.31 Å². The summed E-state index contributed by atoms with van der Waals surface area (Å²) in [6.07, 6.45) is 0. The number of amides is 2. The predicted molar refractivity (Wildman–Crippen MR) is 100 cm³/mol. The molecule has 0 saturated carbocycles. The highest BCUT2D eigenvalue weighted by Gasteiger charge is 2.42. The number of nitrogens with zero attached hydrogens (tertiary/aromatic N) is 2. The predicted octanol–water partition coefficient (Wildman–Crippen LogP) is 2.49. The fraction of sp³-hybridized carbons (Fsp3) is 0.278. The molecule has 0 unspecified atom stereocenters. The van der Waals surface area contributed by atoms with E-state index in [2.05, 4.69) is 0 Å². The molecule has 2 amide bonds. The standard InChI is InChI=1S/C18H20N2O6S/c1-24-11-10-19-14-6-4-5-7-17(14)27(22,23)20(18(19)21)13-8-9-15(25-2)16(12-13)26-3/h4-9,12H,10-11H2,1-3H3. The van der Waals surface area contributed by atoms with Crippen LogP contribution in [0, 0.1) is 0 Å². The van der Waals surface area contributed by atoms with Gasteiger partial charge in [-0.15, -0.1) is 0 Å². The van der Waals surface area contributed by atoms with Gasteiger partial charge in [-0.25, -0.2) is 13.2 Å². The summed E-state index contributed by atoms with van der Waals surface area (Å²) >= 11 is 0. The Kier molecular flexibility index (Phi) is 5.24. The molecule has 0 N–H and O–H groups in total. The molecule has 0 aromatic heterocycles. The number of methoxy groups -OCH3 is 3. The van der Waals surface area contributed by atoms with Crippen molar-refractivity contribution < 1.29 is 27.4 Å². The number of hydrogen-bond acceptors (Lipinski definition) is 6. The molecule has 2 aromatic carbocycles. The molecule has 0 atom stereocenters. The Morgan fingerprint density at radius 1 is 0.963 bits per heavy atom. The van der Waals surface area contributed by atoms with Crippen molar-refractivity contribution in [2.24, 2.45) is 0 Å². The first-order valence-corrected chi connectivity index (χ1v) is 9.56.